The number of rotatable bonds is 4. The third-order valence-electron chi connectivity index (χ3n) is 3.21. The van der Waals surface area contributed by atoms with Gasteiger partial charge in [-0.15, -0.1) is 0 Å². The van der Waals surface area contributed by atoms with E-state index in [-0.39, 0.29) is 23.2 Å². The van der Waals surface area contributed by atoms with Crippen LogP contribution in [0.15, 0.2) is 30.5 Å². The molecule has 2 aromatic rings. The fourth-order valence-corrected chi connectivity index (χ4v) is 1.87. The van der Waals surface area contributed by atoms with Crippen LogP contribution in [0.3, 0.4) is 0 Å². The Hall–Kier alpha value is -2.83. The zero-order valence-electron chi connectivity index (χ0n) is 11.2. The van der Waals surface area contributed by atoms with Crippen LogP contribution in [0.25, 0.3) is 0 Å². The van der Waals surface area contributed by atoms with Gasteiger partial charge in [-0.3, -0.25) is 14.7 Å². The summed E-state index contributed by atoms with van der Waals surface area (Å²) >= 11 is 0. The molecule has 1 aliphatic rings. The van der Waals surface area contributed by atoms with E-state index in [2.05, 4.69) is 20.8 Å². The molecule has 0 radical (unpaired) electrons. The predicted molar refractivity (Wildman–Crippen MR) is 77.9 cm³/mol. The van der Waals surface area contributed by atoms with Gasteiger partial charge in [0.15, 0.2) is 0 Å². The first-order chi connectivity index (χ1) is 10.1. The Kier molecular flexibility index (Phi) is 3.31. The van der Waals surface area contributed by atoms with E-state index >= 15 is 0 Å². The standard InChI is InChI=1S/C14H15N5O2/c15-11-7-16-19-12(11)14(21)18-9-3-1-8(2-4-9)13(20)17-10-5-6-10/h1-4,7,10H,5-6,15H2,(H,16,19)(H,17,20)(H,18,21). The number of carbonyl (C=O) groups excluding carboxylic acids is 2. The zero-order chi connectivity index (χ0) is 14.8. The number of aromatic nitrogens is 2. The van der Waals surface area contributed by atoms with Crippen molar-refractivity contribution in [3.05, 3.63) is 41.7 Å². The number of aromatic amines is 1. The van der Waals surface area contributed by atoms with Crippen molar-refractivity contribution in [3.63, 3.8) is 0 Å². The average Bonchev–Trinajstić information content (AvgIpc) is 3.18. The van der Waals surface area contributed by atoms with Crippen LogP contribution in [0.4, 0.5) is 11.4 Å². The molecular weight excluding hydrogens is 270 g/mol. The van der Waals surface area contributed by atoms with Crippen LogP contribution < -0.4 is 16.4 Å². The Morgan fingerprint density at radius 1 is 1.19 bits per heavy atom. The number of nitrogens with two attached hydrogens (primary N) is 1. The number of nitrogen functional groups attached to an aromatic ring is 1. The van der Waals surface area contributed by atoms with Gasteiger partial charge < -0.3 is 16.4 Å². The second-order valence-electron chi connectivity index (χ2n) is 4.98. The lowest BCUT2D eigenvalue weighted by molar-refractivity contribution is 0.0950. The number of anilines is 2. The van der Waals surface area contributed by atoms with Crippen LogP contribution >= 0.6 is 0 Å². The number of hydrogen-bond donors (Lipinski definition) is 4. The van der Waals surface area contributed by atoms with Gasteiger partial charge in [-0.1, -0.05) is 0 Å². The summed E-state index contributed by atoms with van der Waals surface area (Å²) < 4.78 is 0. The van der Waals surface area contributed by atoms with E-state index < -0.39 is 0 Å². The van der Waals surface area contributed by atoms with Crippen molar-refractivity contribution in [2.45, 2.75) is 18.9 Å². The summed E-state index contributed by atoms with van der Waals surface area (Å²) in [4.78, 5) is 23.8. The minimum absolute atomic E-state index is 0.0896. The predicted octanol–water partition coefficient (Wildman–Crippen LogP) is 1.14. The second-order valence-corrected chi connectivity index (χ2v) is 4.98. The van der Waals surface area contributed by atoms with E-state index in [1.807, 2.05) is 0 Å². The number of amides is 2. The normalized spacial score (nSPS) is 13.7. The highest BCUT2D eigenvalue weighted by Gasteiger charge is 2.23. The van der Waals surface area contributed by atoms with Crippen molar-refractivity contribution in [1.82, 2.24) is 15.5 Å². The molecule has 1 fully saturated rings. The van der Waals surface area contributed by atoms with E-state index in [1.54, 1.807) is 24.3 Å². The molecule has 2 amide bonds. The summed E-state index contributed by atoms with van der Waals surface area (Å²) in [6.45, 7) is 0. The van der Waals surface area contributed by atoms with Gasteiger partial charge in [0, 0.05) is 17.3 Å². The van der Waals surface area contributed by atoms with Gasteiger partial charge in [-0.2, -0.15) is 5.10 Å². The summed E-state index contributed by atoms with van der Waals surface area (Å²) in [5.41, 5.74) is 7.25. The van der Waals surface area contributed by atoms with Crippen LogP contribution in [-0.4, -0.2) is 28.1 Å². The smallest absolute Gasteiger partial charge is 0.275 e. The van der Waals surface area contributed by atoms with E-state index in [9.17, 15) is 9.59 Å². The third-order valence-corrected chi connectivity index (χ3v) is 3.21. The van der Waals surface area contributed by atoms with E-state index in [4.69, 9.17) is 5.73 Å². The van der Waals surface area contributed by atoms with Crippen molar-refractivity contribution in [3.8, 4) is 0 Å². The van der Waals surface area contributed by atoms with Crippen molar-refractivity contribution < 1.29 is 9.59 Å². The summed E-state index contributed by atoms with van der Waals surface area (Å²) in [6, 6.07) is 7.01. The van der Waals surface area contributed by atoms with Crippen molar-refractivity contribution in [1.29, 1.82) is 0 Å². The lowest BCUT2D eigenvalue weighted by Gasteiger charge is -2.06. The maximum atomic E-state index is 11.9. The fraction of sp³-hybridized carbons (Fsp3) is 0.214. The SMILES string of the molecule is Nc1cn[nH]c1C(=O)Nc1ccc(C(=O)NC2CC2)cc1. The van der Waals surface area contributed by atoms with Crippen LogP contribution in [-0.2, 0) is 0 Å². The molecule has 3 rings (SSSR count). The number of H-pyrrole nitrogens is 1. The van der Waals surface area contributed by atoms with E-state index in [0.717, 1.165) is 12.8 Å². The highest BCUT2D eigenvalue weighted by Crippen LogP contribution is 2.20. The molecule has 1 saturated carbocycles. The summed E-state index contributed by atoms with van der Waals surface area (Å²) in [7, 11) is 0. The number of nitrogens with one attached hydrogen (secondary N) is 3. The molecule has 21 heavy (non-hydrogen) atoms. The topological polar surface area (TPSA) is 113 Å². The zero-order valence-corrected chi connectivity index (χ0v) is 11.2. The average molecular weight is 285 g/mol. The first kappa shape index (κ1) is 13.2. The highest BCUT2D eigenvalue weighted by atomic mass is 16.2. The summed E-state index contributed by atoms with van der Waals surface area (Å²) in [5, 5.41) is 11.8. The lowest BCUT2D eigenvalue weighted by atomic mass is 10.2. The van der Waals surface area contributed by atoms with Crippen LogP contribution in [0.1, 0.15) is 33.7 Å². The maximum Gasteiger partial charge on any atom is 0.275 e. The number of benzene rings is 1. The quantitative estimate of drug-likeness (QED) is 0.674. The van der Waals surface area contributed by atoms with Crippen LogP contribution in [0, 0.1) is 0 Å². The molecule has 7 heteroatoms. The molecule has 0 unspecified atom stereocenters. The molecule has 0 atom stereocenters. The molecular formula is C14H15N5O2. The molecule has 0 spiro atoms. The first-order valence-electron chi connectivity index (χ1n) is 6.64. The monoisotopic (exact) mass is 285 g/mol. The largest absolute Gasteiger partial charge is 0.396 e. The molecule has 0 saturated heterocycles. The lowest BCUT2D eigenvalue weighted by Crippen LogP contribution is -2.25. The number of nitrogens with zero attached hydrogens (tertiary/aromatic N) is 1. The molecule has 1 heterocycles. The molecule has 1 aliphatic carbocycles. The minimum atomic E-state index is -0.375. The molecule has 1 aromatic carbocycles. The number of hydrogen-bond acceptors (Lipinski definition) is 4. The highest BCUT2D eigenvalue weighted by molar-refractivity contribution is 6.06. The Morgan fingerprint density at radius 2 is 1.90 bits per heavy atom. The van der Waals surface area contributed by atoms with Crippen LogP contribution in [0.2, 0.25) is 0 Å². The number of carbonyl (C=O) groups is 2. The van der Waals surface area contributed by atoms with Crippen LogP contribution in [0.5, 0.6) is 0 Å². The Labute approximate surface area is 120 Å². The van der Waals surface area contributed by atoms with Gasteiger partial charge in [0.1, 0.15) is 5.69 Å². The van der Waals surface area contributed by atoms with Gasteiger partial charge >= 0.3 is 0 Å². The Morgan fingerprint density at radius 3 is 2.48 bits per heavy atom. The summed E-state index contributed by atoms with van der Waals surface area (Å²) in [6.07, 6.45) is 3.47. The van der Waals surface area contributed by atoms with E-state index in [0.29, 0.717) is 17.3 Å². The molecule has 108 valence electrons. The van der Waals surface area contributed by atoms with Gasteiger partial charge in [0.2, 0.25) is 0 Å². The minimum Gasteiger partial charge on any atom is -0.396 e. The maximum absolute atomic E-state index is 11.9. The molecule has 0 aliphatic heterocycles. The molecule has 7 nitrogen and oxygen atoms in total. The Bertz CT molecular complexity index is 673. The molecule has 1 aromatic heterocycles. The fourth-order valence-electron chi connectivity index (χ4n) is 1.87. The van der Waals surface area contributed by atoms with Crippen molar-refractivity contribution >= 4 is 23.2 Å². The molecule has 0 bridgehead atoms. The van der Waals surface area contributed by atoms with Gasteiger partial charge in [-0.05, 0) is 37.1 Å². The van der Waals surface area contributed by atoms with Gasteiger partial charge in [0.25, 0.3) is 11.8 Å². The van der Waals surface area contributed by atoms with Gasteiger partial charge in [-0.25, -0.2) is 0 Å². The van der Waals surface area contributed by atoms with E-state index in [1.165, 1.54) is 6.20 Å². The molecule has 5 N–H and O–H groups in total. The van der Waals surface area contributed by atoms with Gasteiger partial charge in [0.05, 0.1) is 11.9 Å². The first-order valence-corrected chi connectivity index (χ1v) is 6.64. The van der Waals surface area contributed by atoms with Crippen molar-refractivity contribution in [2.24, 2.45) is 0 Å². The third kappa shape index (κ3) is 3.02. The summed E-state index contributed by atoms with van der Waals surface area (Å²) in [5.74, 6) is -0.464. The van der Waals surface area contributed by atoms with Crippen molar-refractivity contribution in [2.75, 3.05) is 11.1 Å². The second kappa shape index (κ2) is 5.28. The Balaban J connectivity index is 1.65.